The summed E-state index contributed by atoms with van der Waals surface area (Å²) in [6, 6.07) is 17.9. The van der Waals surface area contributed by atoms with Gasteiger partial charge in [0.05, 0.1) is 0 Å². The number of nitrogens with one attached hydrogen (secondary N) is 1. The van der Waals surface area contributed by atoms with E-state index >= 15 is 0 Å². The normalized spacial score (nSPS) is 10.6. The Bertz CT molecular complexity index is 878. The van der Waals surface area contributed by atoms with Crippen LogP contribution in [0.25, 0.3) is 11.1 Å². The third kappa shape index (κ3) is 3.94. The first kappa shape index (κ1) is 17.3. The summed E-state index contributed by atoms with van der Waals surface area (Å²) in [6.45, 7) is 2.46. The van der Waals surface area contributed by atoms with Gasteiger partial charge in [-0.25, -0.2) is 4.39 Å². The molecule has 0 spiro atoms. The van der Waals surface area contributed by atoms with Crippen LogP contribution in [-0.2, 0) is 6.61 Å². The van der Waals surface area contributed by atoms with Crippen LogP contribution < -0.4 is 10.1 Å². The number of aryl methyl sites for hydroxylation is 1. The number of halogens is 2. The third-order valence-electron chi connectivity index (χ3n) is 4.16. The second-order valence-electron chi connectivity index (χ2n) is 5.79. The van der Waals surface area contributed by atoms with Crippen LogP contribution in [0.3, 0.4) is 0 Å². The minimum Gasteiger partial charge on any atom is -0.489 e. The second kappa shape index (κ2) is 7.58. The van der Waals surface area contributed by atoms with Gasteiger partial charge >= 0.3 is 0 Å². The molecular formula is C21H19ClFNO. The zero-order valence-corrected chi connectivity index (χ0v) is 14.9. The molecule has 0 unspecified atom stereocenters. The van der Waals surface area contributed by atoms with E-state index in [0.717, 1.165) is 22.4 Å². The first-order valence-electron chi connectivity index (χ1n) is 8.03. The minimum atomic E-state index is -0.290. The van der Waals surface area contributed by atoms with Gasteiger partial charge in [-0.05, 0) is 54.4 Å². The highest BCUT2D eigenvalue weighted by Gasteiger charge is 2.09. The van der Waals surface area contributed by atoms with Crippen molar-refractivity contribution in [3.05, 3.63) is 82.6 Å². The van der Waals surface area contributed by atoms with E-state index in [1.807, 2.05) is 32.2 Å². The van der Waals surface area contributed by atoms with Crippen LogP contribution in [0.1, 0.15) is 11.1 Å². The van der Waals surface area contributed by atoms with Gasteiger partial charge in [0.1, 0.15) is 18.2 Å². The Kier molecular flexibility index (Phi) is 5.25. The number of ether oxygens (including phenoxy) is 1. The molecule has 0 saturated carbocycles. The van der Waals surface area contributed by atoms with Crippen LogP contribution in [0, 0.1) is 12.7 Å². The van der Waals surface area contributed by atoms with Crippen molar-refractivity contribution in [2.45, 2.75) is 13.5 Å². The lowest BCUT2D eigenvalue weighted by molar-refractivity contribution is 0.306. The summed E-state index contributed by atoms with van der Waals surface area (Å²) in [7, 11) is 1.88. The third-order valence-corrected chi connectivity index (χ3v) is 4.41. The Labute approximate surface area is 152 Å². The molecule has 2 nitrogen and oxygen atoms in total. The van der Waals surface area contributed by atoms with Crippen molar-refractivity contribution in [2.24, 2.45) is 0 Å². The van der Waals surface area contributed by atoms with Crippen molar-refractivity contribution in [1.29, 1.82) is 0 Å². The Hall–Kier alpha value is -2.52. The molecule has 1 N–H and O–H groups in total. The lowest BCUT2D eigenvalue weighted by Gasteiger charge is -2.14. The summed E-state index contributed by atoms with van der Waals surface area (Å²) in [4.78, 5) is 0. The molecule has 0 atom stereocenters. The maximum absolute atomic E-state index is 14.2. The van der Waals surface area contributed by atoms with Crippen LogP contribution in [-0.4, -0.2) is 7.05 Å². The van der Waals surface area contributed by atoms with Gasteiger partial charge < -0.3 is 10.1 Å². The molecule has 0 aliphatic rings. The molecule has 0 aliphatic heterocycles. The van der Waals surface area contributed by atoms with Crippen LogP contribution in [0.15, 0.2) is 60.7 Å². The lowest BCUT2D eigenvalue weighted by Crippen LogP contribution is -2.03. The summed E-state index contributed by atoms with van der Waals surface area (Å²) >= 11 is 5.91. The van der Waals surface area contributed by atoms with Crippen LogP contribution in [0.4, 0.5) is 10.1 Å². The minimum absolute atomic E-state index is 0.290. The number of benzene rings is 3. The molecule has 0 fully saturated rings. The Morgan fingerprint density at radius 2 is 1.80 bits per heavy atom. The van der Waals surface area contributed by atoms with Crippen molar-refractivity contribution in [3.8, 4) is 16.9 Å². The van der Waals surface area contributed by atoms with Gasteiger partial charge in [-0.15, -0.1) is 0 Å². The van der Waals surface area contributed by atoms with E-state index in [1.54, 1.807) is 36.4 Å². The molecule has 4 heteroatoms. The van der Waals surface area contributed by atoms with Crippen molar-refractivity contribution in [3.63, 3.8) is 0 Å². The number of hydrogen-bond donors (Lipinski definition) is 1. The molecule has 0 bridgehead atoms. The molecule has 0 aliphatic carbocycles. The van der Waals surface area contributed by atoms with E-state index in [-0.39, 0.29) is 5.82 Å². The Balaban J connectivity index is 1.85. The van der Waals surface area contributed by atoms with E-state index in [0.29, 0.717) is 22.9 Å². The quantitative estimate of drug-likeness (QED) is 0.599. The van der Waals surface area contributed by atoms with Gasteiger partial charge in [0.25, 0.3) is 0 Å². The number of hydrogen-bond acceptors (Lipinski definition) is 2. The van der Waals surface area contributed by atoms with E-state index in [4.69, 9.17) is 16.3 Å². The average molecular weight is 356 g/mol. The van der Waals surface area contributed by atoms with Crippen LogP contribution in [0.5, 0.6) is 5.75 Å². The fourth-order valence-electron chi connectivity index (χ4n) is 2.73. The Morgan fingerprint density at radius 3 is 2.52 bits per heavy atom. The molecule has 25 heavy (non-hydrogen) atoms. The summed E-state index contributed by atoms with van der Waals surface area (Å²) < 4.78 is 20.1. The molecule has 0 aromatic heterocycles. The predicted molar refractivity (Wildman–Crippen MR) is 102 cm³/mol. The zero-order chi connectivity index (χ0) is 17.8. The highest BCUT2D eigenvalue weighted by molar-refractivity contribution is 6.30. The highest BCUT2D eigenvalue weighted by Crippen LogP contribution is 2.29. The molecule has 0 saturated heterocycles. The standard InChI is InChI=1S/C21H19ClFNO/c1-14-4-3-5-21(24-2)19(14)13-25-17-10-11-20(23)18(12-17)15-6-8-16(22)9-7-15/h3-12,24H,13H2,1-2H3. The van der Waals surface area contributed by atoms with Crippen molar-refractivity contribution >= 4 is 17.3 Å². The summed E-state index contributed by atoms with van der Waals surface area (Å²) in [5.41, 5.74) is 4.52. The molecule has 0 radical (unpaired) electrons. The van der Waals surface area contributed by atoms with E-state index in [9.17, 15) is 4.39 Å². The predicted octanol–water partition coefficient (Wildman–Crippen LogP) is 6.08. The fraction of sp³-hybridized carbons (Fsp3) is 0.143. The van der Waals surface area contributed by atoms with E-state index in [2.05, 4.69) is 5.32 Å². The molecule has 0 heterocycles. The number of rotatable bonds is 5. The van der Waals surface area contributed by atoms with Gasteiger partial charge in [-0.1, -0.05) is 35.9 Å². The second-order valence-corrected chi connectivity index (χ2v) is 6.22. The summed E-state index contributed by atoms with van der Waals surface area (Å²) in [5, 5.41) is 3.79. The SMILES string of the molecule is CNc1cccc(C)c1COc1ccc(F)c(-c2ccc(Cl)cc2)c1. The zero-order valence-electron chi connectivity index (χ0n) is 14.1. The monoisotopic (exact) mass is 355 g/mol. The smallest absolute Gasteiger partial charge is 0.131 e. The van der Waals surface area contributed by atoms with E-state index < -0.39 is 0 Å². The van der Waals surface area contributed by atoms with Gasteiger partial charge in [0.2, 0.25) is 0 Å². The molecule has 128 valence electrons. The maximum atomic E-state index is 14.2. The summed E-state index contributed by atoms with van der Waals surface area (Å²) in [6.07, 6.45) is 0. The topological polar surface area (TPSA) is 21.3 Å². The molecule has 3 aromatic rings. The van der Waals surface area contributed by atoms with Gasteiger partial charge in [0.15, 0.2) is 0 Å². The van der Waals surface area contributed by atoms with Gasteiger partial charge in [-0.3, -0.25) is 0 Å². The maximum Gasteiger partial charge on any atom is 0.131 e. The lowest BCUT2D eigenvalue weighted by atomic mass is 10.0. The average Bonchev–Trinajstić information content (AvgIpc) is 2.62. The first-order valence-corrected chi connectivity index (χ1v) is 8.41. The summed E-state index contributed by atoms with van der Waals surface area (Å²) in [5.74, 6) is 0.332. The van der Waals surface area contributed by atoms with Crippen LogP contribution >= 0.6 is 11.6 Å². The largest absolute Gasteiger partial charge is 0.489 e. The highest BCUT2D eigenvalue weighted by atomic mass is 35.5. The molecule has 3 aromatic carbocycles. The molecular weight excluding hydrogens is 337 g/mol. The van der Waals surface area contributed by atoms with Gasteiger partial charge in [-0.2, -0.15) is 0 Å². The fourth-order valence-corrected chi connectivity index (χ4v) is 2.85. The van der Waals surface area contributed by atoms with Crippen molar-refractivity contribution in [1.82, 2.24) is 0 Å². The molecule has 0 amide bonds. The van der Waals surface area contributed by atoms with Crippen molar-refractivity contribution in [2.75, 3.05) is 12.4 Å². The van der Waals surface area contributed by atoms with Crippen molar-refractivity contribution < 1.29 is 9.13 Å². The molecule has 3 rings (SSSR count). The number of anilines is 1. The van der Waals surface area contributed by atoms with E-state index in [1.165, 1.54) is 6.07 Å². The van der Waals surface area contributed by atoms with Crippen LogP contribution in [0.2, 0.25) is 5.02 Å². The Morgan fingerprint density at radius 1 is 1.04 bits per heavy atom. The van der Waals surface area contributed by atoms with Gasteiger partial charge in [0, 0.05) is 28.9 Å². The first-order chi connectivity index (χ1) is 12.1.